The van der Waals surface area contributed by atoms with Gasteiger partial charge in [0.05, 0.1) is 0 Å². The number of nitrogens with zero attached hydrogens (tertiary/aromatic N) is 2. The lowest BCUT2D eigenvalue weighted by molar-refractivity contribution is 0.798. The summed E-state index contributed by atoms with van der Waals surface area (Å²) < 4.78 is 0. The second-order valence-electron chi connectivity index (χ2n) is 4.83. The van der Waals surface area contributed by atoms with Gasteiger partial charge in [-0.3, -0.25) is 4.98 Å². The van der Waals surface area contributed by atoms with E-state index in [0.29, 0.717) is 0 Å². The summed E-state index contributed by atoms with van der Waals surface area (Å²) in [7, 11) is 4.09. The van der Waals surface area contributed by atoms with E-state index in [9.17, 15) is 0 Å². The van der Waals surface area contributed by atoms with Crippen LogP contribution in [0.15, 0.2) is 42.6 Å². The summed E-state index contributed by atoms with van der Waals surface area (Å²) in [5.41, 5.74) is 4.84. The van der Waals surface area contributed by atoms with Gasteiger partial charge in [-0.25, -0.2) is 0 Å². The van der Waals surface area contributed by atoms with Crippen molar-refractivity contribution in [2.24, 2.45) is 0 Å². The van der Waals surface area contributed by atoms with Gasteiger partial charge in [0.25, 0.3) is 0 Å². The van der Waals surface area contributed by atoms with Crippen molar-refractivity contribution in [2.45, 2.75) is 20.0 Å². The lowest BCUT2D eigenvalue weighted by Gasteiger charge is -2.23. The highest BCUT2D eigenvalue weighted by molar-refractivity contribution is 5.53. The van der Waals surface area contributed by atoms with Crippen LogP contribution in [0.2, 0.25) is 0 Å². The van der Waals surface area contributed by atoms with E-state index in [1.807, 2.05) is 26.2 Å². The first kappa shape index (κ1) is 13.6. The Kier molecular flexibility index (Phi) is 4.53. The molecule has 3 nitrogen and oxygen atoms in total. The second kappa shape index (κ2) is 6.34. The molecule has 0 aliphatic carbocycles. The minimum atomic E-state index is 0.835. The predicted octanol–water partition coefficient (Wildman–Crippen LogP) is 2.75. The molecule has 0 aliphatic rings. The number of aryl methyl sites for hydroxylation is 1. The molecule has 0 aliphatic heterocycles. The molecule has 1 aromatic heterocycles. The van der Waals surface area contributed by atoms with Crippen LogP contribution in [-0.4, -0.2) is 19.1 Å². The van der Waals surface area contributed by atoms with Crippen molar-refractivity contribution < 1.29 is 0 Å². The zero-order chi connectivity index (χ0) is 13.7. The Hall–Kier alpha value is -1.87. The van der Waals surface area contributed by atoms with E-state index in [-0.39, 0.29) is 0 Å². The fraction of sp³-hybridized carbons (Fsp3) is 0.312. The maximum atomic E-state index is 4.38. The molecule has 1 N–H and O–H groups in total. The van der Waals surface area contributed by atoms with Crippen LogP contribution in [0.4, 0.5) is 5.69 Å². The van der Waals surface area contributed by atoms with Crippen molar-refractivity contribution in [2.75, 3.05) is 19.0 Å². The maximum Gasteiger partial charge on any atom is 0.0445 e. The first-order valence-corrected chi connectivity index (χ1v) is 6.56. The lowest BCUT2D eigenvalue weighted by Crippen LogP contribution is -2.20. The third-order valence-corrected chi connectivity index (χ3v) is 3.14. The number of hydrogen-bond acceptors (Lipinski definition) is 3. The van der Waals surface area contributed by atoms with Crippen LogP contribution in [0.5, 0.6) is 0 Å². The van der Waals surface area contributed by atoms with Gasteiger partial charge in [-0.1, -0.05) is 30.3 Å². The van der Waals surface area contributed by atoms with E-state index < -0.39 is 0 Å². The molecular weight excluding hydrogens is 234 g/mol. The topological polar surface area (TPSA) is 28.2 Å². The van der Waals surface area contributed by atoms with E-state index in [1.54, 1.807) is 0 Å². The monoisotopic (exact) mass is 255 g/mol. The van der Waals surface area contributed by atoms with E-state index >= 15 is 0 Å². The molecule has 0 bridgehead atoms. The molecule has 0 unspecified atom stereocenters. The van der Waals surface area contributed by atoms with Crippen LogP contribution in [0.25, 0.3) is 0 Å². The second-order valence-corrected chi connectivity index (χ2v) is 4.83. The normalized spacial score (nSPS) is 10.5. The molecule has 3 heteroatoms. The molecule has 0 amide bonds. The molecule has 0 atom stereocenters. The summed E-state index contributed by atoms with van der Waals surface area (Å²) in [5, 5.41) is 3.20. The van der Waals surface area contributed by atoms with Gasteiger partial charge in [-0.2, -0.15) is 0 Å². The van der Waals surface area contributed by atoms with Crippen LogP contribution in [0.1, 0.15) is 16.8 Å². The molecule has 2 aromatic rings. The number of rotatable bonds is 5. The Morgan fingerprint density at radius 3 is 2.63 bits per heavy atom. The molecule has 1 heterocycles. The van der Waals surface area contributed by atoms with Gasteiger partial charge < -0.3 is 10.2 Å². The number of anilines is 1. The minimum absolute atomic E-state index is 0.835. The summed E-state index contributed by atoms with van der Waals surface area (Å²) in [6.07, 6.45) is 1.96. The van der Waals surface area contributed by atoms with Gasteiger partial charge in [0.1, 0.15) is 0 Å². The molecule has 100 valence electrons. The SMILES string of the molecule is CNCc1cnc(C)cc1N(C)Cc1ccccc1. The number of aromatic nitrogens is 1. The number of hydrogen-bond donors (Lipinski definition) is 1. The average molecular weight is 255 g/mol. The maximum absolute atomic E-state index is 4.38. The lowest BCUT2D eigenvalue weighted by atomic mass is 10.1. The largest absolute Gasteiger partial charge is 0.370 e. The van der Waals surface area contributed by atoms with Gasteiger partial charge in [0, 0.05) is 43.3 Å². The first-order chi connectivity index (χ1) is 9.20. The zero-order valence-corrected chi connectivity index (χ0v) is 11.9. The Balaban J connectivity index is 2.22. The van der Waals surface area contributed by atoms with Gasteiger partial charge in [0.15, 0.2) is 0 Å². The Morgan fingerprint density at radius 2 is 1.95 bits per heavy atom. The molecule has 0 saturated heterocycles. The van der Waals surface area contributed by atoms with E-state index in [1.165, 1.54) is 16.8 Å². The minimum Gasteiger partial charge on any atom is -0.370 e. The predicted molar refractivity (Wildman–Crippen MR) is 80.3 cm³/mol. The van der Waals surface area contributed by atoms with Crippen LogP contribution < -0.4 is 10.2 Å². The smallest absolute Gasteiger partial charge is 0.0445 e. The number of benzene rings is 1. The molecule has 0 spiro atoms. The van der Waals surface area contributed by atoms with Gasteiger partial charge >= 0.3 is 0 Å². The molecule has 1 aromatic carbocycles. The third kappa shape index (κ3) is 3.55. The molecule has 2 rings (SSSR count). The van der Waals surface area contributed by atoms with Crippen molar-refractivity contribution in [1.29, 1.82) is 0 Å². The van der Waals surface area contributed by atoms with E-state index in [2.05, 4.69) is 52.6 Å². The van der Waals surface area contributed by atoms with Crippen LogP contribution >= 0.6 is 0 Å². The summed E-state index contributed by atoms with van der Waals surface area (Å²) in [6.45, 7) is 3.77. The van der Waals surface area contributed by atoms with Gasteiger partial charge in [0.2, 0.25) is 0 Å². The van der Waals surface area contributed by atoms with Gasteiger partial charge in [-0.05, 0) is 25.6 Å². The molecule has 0 fully saturated rings. The average Bonchev–Trinajstić information content (AvgIpc) is 2.42. The molecule has 19 heavy (non-hydrogen) atoms. The number of nitrogens with one attached hydrogen (secondary N) is 1. The first-order valence-electron chi connectivity index (χ1n) is 6.56. The van der Waals surface area contributed by atoms with Crippen LogP contribution in [-0.2, 0) is 13.1 Å². The fourth-order valence-electron chi connectivity index (χ4n) is 2.20. The highest BCUT2D eigenvalue weighted by atomic mass is 15.1. The van der Waals surface area contributed by atoms with Crippen molar-refractivity contribution in [3.8, 4) is 0 Å². The van der Waals surface area contributed by atoms with Crippen molar-refractivity contribution in [1.82, 2.24) is 10.3 Å². The van der Waals surface area contributed by atoms with Crippen molar-refractivity contribution in [3.63, 3.8) is 0 Å². The Morgan fingerprint density at radius 1 is 1.21 bits per heavy atom. The third-order valence-electron chi connectivity index (χ3n) is 3.14. The highest BCUT2D eigenvalue weighted by Crippen LogP contribution is 2.21. The summed E-state index contributed by atoms with van der Waals surface area (Å²) in [4.78, 5) is 6.66. The zero-order valence-electron chi connectivity index (χ0n) is 11.9. The Bertz CT molecular complexity index is 523. The van der Waals surface area contributed by atoms with Crippen molar-refractivity contribution in [3.05, 3.63) is 59.4 Å². The highest BCUT2D eigenvalue weighted by Gasteiger charge is 2.08. The Labute approximate surface area is 115 Å². The molecule has 0 radical (unpaired) electrons. The van der Waals surface area contributed by atoms with E-state index in [0.717, 1.165) is 18.8 Å². The van der Waals surface area contributed by atoms with Crippen LogP contribution in [0, 0.1) is 6.92 Å². The summed E-state index contributed by atoms with van der Waals surface area (Å²) >= 11 is 0. The standard InChI is InChI=1S/C16H21N3/c1-13-9-16(15(10-17-2)11-18-13)19(3)12-14-7-5-4-6-8-14/h4-9,11,17H,10,12H2,1-3H3. The fourth-order valence-corrected chi connectivity index (χ4v) is 2.20. The van der Waals surface area contributed by atoms with Gasteiger partial charge in [-0.15, -0.1) is 0 Å². The summed E-state index contributed by atoms with van der Waals surface area (Å²) in [5.74, 6) is 0. The summed E-state index contributed by atoms with van der Waals surface area (Å²) in [6, 6.07) is 12.7. The van der Waals surface area contributed by atoms with Crippen molar-refractivity contribution >= 4 is 5.69 Å². The van der Waals surface area contributed by atoms with E-state index in [4.69, 9.17) is 0 Å². The van der Waals surface area contributed by atoms with Crippen LogP contribution in [0.3, 0.4) is 0 Å². The quantitative estimate of drug-likeness (QED) is 0.890. The number of pyridine rings is 1. The molecule has 0 saturated carbocycles. The molecular formula is C16H21N3.